The van der Waals surface area contributed by atoms with Crippen molar-refractivity contribution >= 4 is 11.9 Å². The smallest absolute Gasteiger partial charge is 0.307 e. The number of hydrogen-bond acceptors (Lipinski definition) is 3. The molecular formula is C13H23NO4. The van der Waals surface area contributed by atoms with E-state index in [-0.39, 0.29) is 5.91 Å². The van der Waals surface area contributed by atoms with Gasteiger partial charge in [0.2, 0.25) is 5.91 Å². The van der Waals surface area contributed by atoms with Crippen molar-refractivity contribution in [1.82, 2.24) is 4.90 Å². The zero-order valence-electron chi connectivity index (χ0n) is 11.4. The first-order chi connectivity index (χ1) is 8.43. The van der Waals surface area contributed by atoms with E-state index < -0.39 is 17.8 Å². The van der Waals surface area contributed by atoms with Crippen molar-refractivity contribution in [3.8, 4) is 0 Å². The van der Waals surface area contributed by atoms with Crippen LogP contribution in [0.15, 0.2) is 0 Å². The number of carboxylic acid groups (broad SMARTS) is 1. The number of hydrogen-bond donors (Lipinski definition) is 1. The summed E-state index contributed by atoms with van der Waals surface area (Å²) in [5.74, 6) is -1.52. The average molecular weight is 257 g/mol. The van der Waals surface area contributed by atoms with Crippen molar-refractivity contribution in [3.05, 3.63) is 0 Å². The highest BCUT2D eigenvalue weighted by atomic mass is 16.5. The van der Waals surface area contributed by atoms with Crippen molar-refractivity contribution in [2.75, 3.05) is 26.8 Å². The molecule has 1 rings (SSSR count). The Labute approximate surface area is 108 Å². The van der Waals surface area contributed by atoms with Crippen LogP contribution in [0.3, 0.4) is 0 Å². The van der Waals surface area contributed by atoms with Crippen molar-refractivity contribution in [3.63, 3.8) is 0 Å². The molecule has 0 aliphatic heterocycles. The van der Waals surface area contributed by atoms with Gasteiger partial charge in [0.25, 0.3) is 0 Å². The third-order valence-electron chi connectivity index (χ3n) is 3.53. The van der Waals surface area contributed by atoms with Crippen LogP contribution in [-0.4, -0.2) is 48.7 Å². The lowest BCUT2D eigenvalue weighted by molar-refractivity contribution is -0.148. The van der Waals surface area contributed by atoms with Crippen molar-refractivity contribution < 1.29 is 19.4 Å². The zero-order chi connectivity index (χ0) is 13.7. The number of aliphatic carboxylic acids is 1. The third kappa shape index (κ3) is 4.64. The molecule has 1 aliphatic carbocycles. The van der Waals surface area contributed by atoms with Crippen LogP contribution in [0.5, 0.6) is 0 Å². The summed E-state index contributed by atoms with van der Waals surface area (Å²) in [6.45, 7) is 5.03. The van der Waals surface area contributed by atoms with E-state index in [0.717, 1.165) is 12.5 Å². The lowest BCUT2D eigenvalue weighted by atomic mass is 9.95. The Hall–Kier alpha value is -1.10. The summed E-state index contributed by atoms with van der Waals surface area (Å²) in [7, 11) is 1.69. The average Bonchev–Trinajstić information content (AvgIpc) is 3.15. The molecule has 5 nitrogen and oxygen atoms in total. The van der Waals surface area contributed by atoms with Crippen LogP contribution in [0.25, 0.3) is 0 Å². The Morgan fingerprint density at radius 2 is 1.94 bits per heavy atom. The van der Waals surface area contributed by atoms with Crippen LogP contribution in [-0.2, 0) is 14.3 Å². The summed E-state index contributed by atoms with van der Waals surface area (Å²) in [5, 5.41) is 8.87. The molecule has 1 N–H and O–H groups in total. The Bertz CT molecular complexity index is 301. The summed E-state index contributed by atoms with van der Waals surface area (Å²) < 4.78 is 5.46. The molecule has 1 amide bonds. The van der Waals surface area contributed by atoms with E-state index in [1.165, 1.54) is 12.8 Å². The van der Waals surface area contributed by atoms with E-state index in [0.29, 0.717) is 13.2 Å². The van der Waals surface area contributed by atoms with Crippen LogP contribution in [0, 0.1) is 17.8 Å². The van der Waals surface area contributed by atoms with Gasteiger partial charge in [-0.3, -0.25) is 9.59 Å². The van der Waals surface area contributed by atoms with Gasteiger partial charge in [-0.2, -0.15) is 0 Å². The van der Waals surface area contributed by atoms with Crippen molar-refractivity contribution in [1.29, 1.82) is 0 Å². The molecule has 1 saturated carbocycles. The van der Waals surface area contributed by atoms with Crippen LogP contribution >= 0.6 is 0 Å². The number of amides is 1. The largest absolute Gasteiger partial charge is 0.481 e. The van der Waals surface area contributed by atoms with Gasteiger partial charge in [0.1, 0.15) is 0 Å². The van der Waals surface area contributed by atoms with Crippen LogP contribution in [0.4, 0.5) is 0 Å². The lowest BCUT2D eigenvalue weighted by Gasteiger charge is -2.23. The van der Waals surface area contributed by atoms with E-state index in [9.17, 15) is 9.59 Å². The second kappa shape index (κ2) is 6.73. The monoisotopic (exact) mass is 257 g/mol. The topological polar surface area (TPSA) is 66.8 Å². The molecule has 2 atom stereocenters. The maximum absolute atomic E-state index is 11.9. The fraction of sp³-hybridized carbons (Fsp3) is 0.846. The molecule has 0 aromatic carbocycles. The summed E-state index contributed by atoms with van der Waals surface area (Å²) in [4.78, 5) is 24.3. The number of ether oxygens (including phenoxy) is 1. The fourth-order valence-corrected chi connectivity index (χ4v) is 1.62. The third-order valence-corrected chi connectivity index (χ3v) is 3.53. The van der Waals surface area contributed by atoms with Crippen molar-refractivity contribution in [2.45, 2.75) is 26.7 Å². The van der Waals surface area contributed by atoms with Gasteiger partial charge in [-0.25, -0.2) is 0 Å². The van der Waals surface area contributed by atoms with E-state index in [1.54, 1.807) is 25.8 Å². The molecule has 1 fully saturated rings. The standard InChI is InChI=1S/C13H23NO4/c1-9(10(2)13(16)17)12(15)14(3)6-7-18-8-11-4-5-11/h9-11H,4-8H2,1-3H3,(H,16,17). The van der Waals surface area contributed by atoms with Gasteiger partial charge >= 0.3 is 5.97 Å². The Kier molecular flexibility index (Phi) is 5.59. The molecule has 0 aromatic heterocycles. The van der Waals surface area contributed by atoms with E-state index in [1.807, 2.05) is 0 Å². The first-order valence-corrected chi connectivity index (χ1v) is 6.49. The van der Waals surface area contributed by atoms with Gasteiger partial charge in [-0.15, -0.1) is 0 Å². The summed E-state index contributed by atoms with van der Waals surface area (Å²) >= 11 is 0. The van der Waals surface area contributed by atoms with Crippen LogP contribution in [0.2, 0.25) is 0 Å². The molecule has 5 heteroatoms. The predicted molar refractivity (Wildman–Crippen MR) is 67.1 cm³/mol. The molecule has 104 valence electrons. The number of carboxylic acids is 1. The van der Waals surface area contributed by atoms with Gasteiger partial charge in [-0.05, 0) is 18.8 Å². The minimum atomic E-state index is -0.936. The SMILES string of the molecule is CC(C(=O)O)C(C)C(=O)N(C)CCOCC1CC1. The highest BCUT2D eigenvalue weighted by molar-refractivity contribution is 5.84. The first kappa shape index (κ1) is 15.0. The number of carbonyl (C=O) groups excluding carboxylic acids is 1. The molecular weight excluding hydrogens is 234 g/mol. The lowest BCUT2D eigenvalue weighted by Crippen LogP contribution is -2.38. The van der Waals surface area contributed by atoms with E-state index in [4.69, 9.17) is 9.84 Å². The summed E-state index contributed by atoms with van der Waals surface area (Å²) in [6, 6.07) is 0. The fourth-order valence-electron chi connectivity index (χ4n) is 1.62. The predicted octanol–water partition coefficient (Wildman–Crippen LogP) is 1.23. The summed E-state index contributed by atoms with van der Waals surface area (Å²) in [6.07, 6.45) is 2.50. The van der Waals surface area contributed by atoms with Gasteiger partial charge in [0, 0.05) is 26.1 Å². The molecule has 0 bridgehead atoms. The highest BCUT2D eigenvalue weighted by Gasteiger charge is 2.28. The van der Waals surface area contributed by atoms with E-state index >= 15 is 0 Å². The number of rotatable bonds is 8. The maximum Gasteiger partial charge on any atom is 0.307 e. The number of carbonyl (C=O) groups is 2. The zero-order valence-corrected chi connectivity index (χ0v) is 11.4. The normalized spacial score (nSPS) is 18.2. The minimum Gasteiger partial charge on any atom is -0.481 e. The quantitative estimate of drug-likeness (QED) is 0.664. The van der Waals surface area contributed by atoms with Gasteiger partial charge in [0.05, 0.1) is 12.5 Å². The molecule has 0 heterocycles. The second-order valence-electron chi connectivity index (χ2n) is 5.19. The summed E-state index contributed by atoms with van der Waals surface area (Å²) in [5.41, 5.74) is 0. The Morgan fingerprint density at radius 1 is 1.33 bits per heavy atom. The first-order valence-electron chi connectivity index (χ1n) is 6.49. The second-order valence-corrected chi connectivity index (χ2v) is 5.19. The highest BCUT2D eigenvalue weighted by Crippen LogP contribution is 2.28. The number of likely N-dealkylation sites (N-methyl/N-ethyl adjacent to an activating group) is 1. The van der Waals surface area contributed by atoms with Crippen LogP contribution in [0.1, 0.15) is 26.7 Å². The molecule has 18 heavy (non-hydrogen) atoms. The molecule has 0 aromatic rings. The Balaban J connectivity index is 2.23. The van der Waals surface area contributed by atoms with Gasteiger partial charge in [0.15, 0.2) is 0 Å². The Morgan fingerprint density at radius 3 is 2.44 bits per heavy atom. The van der Waals surface area contributed by atoms with Gasteiger partial charge in [-0.1, -0.05) is 13.8 Å². The number of nitrogens with zero attached hydrogens (tertiary/aromatic N) is 1. The van der Waals surface area contributed by atoms with Gasteiger partial charge < -0.3 is 14.7 Å². The van der Waals surface area contributed by atoms with Crippen molar-refractivity contribution in [2.24, 2.45) is 17.8 Å². The minimum absolute atomic E-state index is 0.139. The van der Waals surface area contributed by atoms with Crippen LogP contribution < -0.4 is 0 Å². The molecule has 1 aliphatic rings. The van der Waals surface area contributed by atoms with E-state index in [2.05, 4.69) is 0 Å². The molecule has 2 unspecified atom stereocenters. The molecule has 0 saturated heterocycles. The molecule has 0 spiro atoms. The molecule has 0 radical (unpaired) electrons. The maximum atomic E-state index is 11.9.